The Morgan fingerprint density at radius 3 is 2.65 bits per heavy atom. The quantitative estimate of drug-likeness (QED) is 0.791. The van der Waals surface area contributed by atoms with E-state index in [1.54, 1.807) is 18.2 Å². The van der Waals surface area contributed by atoms with Crippen LogP contribution in [0.2, 0.25) is 0 Å². The van der Waals surface area contributed by atoms with Crippen LogP contribution in [0.3, 0.4) is 0 Å². The highest BCUT2D eigenvalue weighted by atomic mass is 16.5. The molecule has 4 nitrogen and oxygen atoms in total. The molecule has 3 rings (SSSR count). The number of benzene rings is 1. The summed E-state index contributed by atoms with van der Waals surface area (Å²) < 4.78 is 5.82. The summed E-state index contributed by atoms with van der Waals surface area (Å²) >= 11 is 0. The van der Waals surface area contributed by atoms with Crippen molar-refractivity contribution in [2.45, 2.75) is 31.8 Å². The number of carbonyl (C=O) groups is 2. The second kappa shape index (κ2) is 3.87. The fourth-order valence-corrected chi connectivity index (χ4v) is 2.47. The highest BCUT2D eigenvalue weighted by Gasteiger charge is 2.31. The molecule has 2 aliphatic rings. The molecule has 1 heterocycles. The number of ether oxygens (including phenoxy) is 1. The molecule has 17 heavy (non-hydrogen) atoms. The fraction of sp³-hybridized carbons (Fsp3) is 0.385. The molecule has 2 amide bonds. The van der Waals surface area contributed by atoms with E-state index < -0.39 is 0 Å². The van der Waals surface area contributed by atoms with E-state index in [2.05, 4.69) is 5.32 Å². The fourth-order valence-electron chi connectivity index (χ4n) is 2.47. The molecule has 88 valence electrons. The molecule has 1 aromatic carbocycles. The lowest BCUT2D eigenvalue weighted by molar-refractivity contribution is 0.0878. The maximum Gasteiger partial charge on any atom is 0.262 e. The van der Waals surface area contributed by atoms with E-state index in [0.717, 1.165) is 12.8 Å². The summed E-state index contributed by atoms with van der Waals surface area (Å²) in [5.74, 6) is -0.141. The van der Waals surface area contributed by atoms with Gasteiger partial charge in [0.05, 0.1) is 17.2 Å². The lowest BCUT2D eigenvalue weighted by Crippen LogP contribution is -2.20. The molecule has 1 aliphatic heterocycles. The molecular weight excluding hydrogens is 218 g/mol. The molecule has 0 bridgehead atoms. The van der Waals surface area contributed by atoms with Crippen LogP contribution in [0, 0.1) is 0 Å². The number of rotatable bonds is 2. The van der Waals surface area contributed by atoms with Crippen LogP contribution in [0.15, 0.2) is 18.2 Å². The summed E-state index contributed by atoms with van der Waals surface area (Å²) in [6.07, 6.45) is 4.58. The summed E-state index contributed by atoms with van der Waals surface area (Å²) in [5, 5.41) is 2.29. The van der Waals surface area contributed by atoms with Gasteiger partial charge in [-0.1, -0.05) is 6.07 Å². The van der Waals surface area contributed by atoms with Gasteiger partial charge >= 0.3 is 0 Å². The van der Waals surface area contributed by atoms with Crippen LogP contribution in [0.1, 0.15) is 46.4 Å². The standard InChI is InChI=1S/C13H13NO3/c15-12-9-6-3-7-10(11(9)13(16)14-12)17-8-4-1-2-5-8/h3,6-8H,1-2,4-5H2,(H,14,15,16). The molecule has 1 aliphatic carbocycles. The lowest BCUT2D eigenvalue weighted by Gasteiger charge is -2.14. The molecule has 0 radical (unpaired) electrons. The number of imide groups is 1. The SMILES string of the molecule is O=C1NC(=O)c2c(OC3CCCC3)cccc21. The minimum absolute atomic E-state index is 0.185. The molecule has 0 aromatic heterocycles. The number of fused-ring (bicyclic) bond motifs is 1. The first-order valence-electron chi connectivity index (χ1n) is 5.91. The molecule has 1 fully saturated rings. The third kappa shape index (κ3) is 1.69. The highest BCUT2D eigenvalue weighted by Crippen LogP contribution is 2.30. The number of hydrogen-bond donors (Lipinski definition) is 1. The Bertz CT molecular complexity index is 489. The zero-order valence-corrected chi connectivity index (χ0v) is 9.36. The van der Waals surface area contributed by atoms with Gasteiger partial charge in [0.1, 0.15) is 5.75 Å². The van der Waals surface area contributed by atoms with Crippen LogP contribution in [0.5, 0.6) is 5.75 Å². The second-order valence-electron chi connectivity index (χ2n) is 4.49. The van der Waals surface area contributed by atoms with Crippen molar-refractivity contribution < 1.29 is 14.3 Å². The Labute approximate surface area is 99.0 Å². The van der Waals surface area contributed by atoms with Crippen molar-refractivity contribution in [1.29, 1.82) is 0 Å². The van der Waals surface area contributed by atoms with Crippen LogP contribution >= 0.6 is 0 Å². The number of hydrogen-bond acceptors (Lipinski definition) is 3. The zero-order valence-electron chi connectivity index (χ0n) is 9.36. The molecule has 1 N–H and O–H groups in total. The molecule has 0 atom stereocenters. The average molecular weight is 231 g/mol. The first kappa shape index (κ1) is 10.3. The zero-order chi connectivity index (χ0) is 11.8. The van der Waals surface area contributed by atoms with Crippen LogP contribution in [0.25, 0.3) is 0 Å². The van der Waals surface area contributed by atoms with Crippen molar-refractivity contribution in [3.8, 4) is 5.75 Å². The monoisotopic (exact) mass is 231 g/mol. The summed E-state index contributed by atoms with van der Waals surface area (Å²) in [4.78, 5) is 23.1. The van der Waals surface area contributed by atoms with Gasteiger partial charge in [-0.25, -0.2) is 0 Å². The second-order valence-corrected chi connectivity index (χ2v) is 4.49. The van der Waals surface area contributed by atoms with Crippen molar-refractivity contribution in [3.05, 3.63) is 29.3 Å². The van der Waals surface area contributed by atoms with E-state index in [0.29, 0.717) is 16.9 Å². The van der Waals surface area contributed by atoms with E-state index in [9.17, 15) is 9.59 Å². The van der Waals surface area contributed by atoms with Crippen LogP contribution in [0.4, 0.5) is 0 Å². The minimum Gasteiger partial charge on any atom is -0.490 e. The molecule has 0 unspecified atom stereocenters. The van der Waals surface area contributed by atoms with Gasteiger partial charge in [-0.15, -0.1) is 0 Å². The van der Waals surface area contributed by atoms with Gasteiger partial charge in [0.2, 0.25) is 0 Å². The summed E-state index contributed by atoms with van der Waals surface area (Å²) in [7, 11) is 0. The molecule has 1 saturated carbocycles. The van der Waals surface area contributed by atoms with Gasteiger partial charge in [0, 0.05) is 0 Å². The third-order valence-corrected chi connectivity index (χ3v) is 3.32. The van der Waals surface area contributed by atoms with Crippen LogP contribution < -0.4 is 10.1 Å². The topological polar surface area (TPSA) is 55.4 Å². The van der Waals surface area contributed by atoms with Crippen LogP contribution in [-0.4, -0.2) is 17.9 Å². The molecule has 4 heteroatoms. The Balaban J connectivity index is 1.95. The Kier molecular flexibility index (Phi) is 2.35. The normalized spacial score (nSPS) is 19.3. The van der Waals surface area contributed by atoms with Gasteiger partial charge in [0.15, 0.2) is 0 Å². The number of nitrogens with one attached hydrogen (secondary N) is 1. The average Bonchev–Trinajstić information content (AvgIpc) is 2.90. The first-order valence-corrected chi connectivity index (χ1v) is 5.91. The number of carbonyl (C=O) groups excluding carboxylic acids is 2. The Hall–Kier alpha value is -1.84. The first-order chi connectivity index (χ1) is 8.25. The molecule has 1 aromatic rings. The predicted molar refractivity (Wildman–Crippen MR) is 61.1 cm³/mol. The van der Waals surface area contributed by atoms with Gasteiger partial charge in [-0.05, 0) is 37.8 Å². The van der Waals surface area contributed by atoms with Crippen molar-refractivity contribution >= 4 is 11.8 Å². The molecule has 0 saturated heterocycles. The van der Waals surface area contributed by atoms with E-state index in [1.807, 2.05) is 0 Å². The third-order valence-electron chi connectivity index (χ3n) is 3.32. The van der Waals surface area contributed by atoms with Gasteiger partial charge < -0.3 is 4.74 Å². The summed E-state index contributed by atoms with van der Waals surface area (Å²) in [6.45, 7) is 0. The van der Waals surface area contributed by atoms with Crippen molar-refractivity contribution in [2.75, 3.05) is 0 Å². The highest BCUT2D eigenvalue weighted by molar-refractivity contribution is 6.22. The lowest BCUT2D eigenvalue weighted by atomic mass is 10.1. The van der Waals surface area contributed by atoms with Gasteiger partial charge in [-0.3, -0.25) is 14.9 Å². The number of amides is 2. The predicted octanol–water partition coefficient (Wildman–Crippen LogP) is 1.89. The van der Waals surface area contributed by atoms with Crippen LogP contribution in [-0.2, 0) is 0 Å². The van der Waals surface area contributed by atoms with E-state index in [4.69, 9.17) is 4.74 Å². The Morgan fingerprint density at radius 2 is 1.88 bits per heavy atom. The van der Waals surface area contributed by atoms with Gasteiger partial charge in [0.25, 0.3) is 11.8 Å². The summed E-state index contributed by atoms with van der Waals surface area (Å²) in [5.41, 5.74) is 0.815. The maximum atomic E-state index is 11.7. The smallest absolute Gasteiger partial charge is 0.262 e. The Morgan fingerprint density at radius 1 is 1.12 bits per heavy atom. The molecule has 0 spiro atoms. The summed E-state index contributed by atoms with van der Waals surface area (Å²) in [6, 6.07) is 5.16. The van der Waals surface area contributed by atoms with E-state index in [1.165, 1.54) is 12.8 Å². The van der Waals surface area contributed by atoms with E-state index >= 15 is 0 Å². The van der Waals surface area contributed by atoms with Crippen molar-refractivity contribution in [3.63, 3.8) is 0 Å². The van der Waals surface area contributed by atoms with E-state index in [-0.39, 0.29) is 17.9 Å². The minimum atomic E-state index is -0.349. The largest absolute Gasteiger partial charge is 0.490 e. The van der Waals surface area contributed by atoms with Crippen molar-refractivity contribution in [2.24, 2.45) is 0 Å². The molecular formula is C13H13NO3. The van der Waals surface area contributed by atoms with Crippen molar-refractivity contribution in [1.82, 2.24) is 5.32 Å². The van der Waals surface area contributed by atoms with Gasteiger partial charge in [-0.2, -0.15) is 0 Å². The maximum absolute atomic E-state index is 11.7.